The molecule has 2 nitrogen and oxygen atoms in total. The number of aliphatic hydroxyl groups is 1. The van der Waals surface area contributed by atoms with Gasteiger partial charge < -0.3 is 10.4 Å². The van der Waals surface area contributed by atoms with Gasteiger partial charge in [0, 0.05) is 12.6 Å². The van der Waals surface area contributed by atoms with E-state index in [2.05, 4.69) is 30.4 Å². The predicted molar refractivity (Wildman–Crippen MR) is 80.4 cm³/mol. The largest absolute Gasteiger partial charge is 0.396 e. The van der Waals surface area contributed by atoms with Crippen LogP contribution < -0.4 is 5.32 Å². The summed E-state index contributed by atoms with van der Waals surface area (Å²) in [5.74, 6) is 0. The van der Waals surface area contributed by atoms with E-state index >= 15 is 0 Å². The third-order valence-electron chi connectivity index (χ3n) is 4.16. The number of nitrogens with one attached hydrogen (secondary N) is 1. The van der Waals surface area contributed by atoms with Crippen LogP contribution in [0.5, 0.6) is 0 Å². The Morgan fingerprint density at radius 1 is 1.11 bits per heavy atom. The Balaban J connectivity index is 1.83. The van der Waals surface area contributed by atoms with E-state index in [4.69, 9.17) is 5.11 Å². The van der Waals surface area contributed by atoms with E-state index in [-0.39, 0.29) is 0 Å². The quantitative estimate of drug-likeness (QED) is 0.738. The van der Waals surface area contributed by atoms with E-state index in [1.165, 1.54) is 31.2 Å². The Bertz CT molecular complexity index is 389. The van der Waals surface area contributed by atoms with Crippen LogP contribution in [0, 0.1) is 0 Å². The molecule has 0 spiro atoms. The molecule has 0 saturated heterocycles. The monoisotopic (exact) mass is 261 g/mol. The van der Waals surface area contributed by atoms with E-state index in [0.717, 1.165) is 25.8 Å². The highest BCUT2D eigenvalue weighted by atomic mass is 16.2. The van der Waals surface area contributed by atoms with Crippen LogP contribution >= 0.6 is 0 Å². The maximum atomic E-state index is 8.74. The van der Waals surface area contributed by atoms with E-state index in [1.807, 2.05) is 0 Å². The molecule has 106 valence electrons. The Labute approximate surface area is 117 Å². The van der Waals surface area contributed by atoms with Gasteiger partial charge in [-0.05, 0) is 75.1 Å². The Kier molecular flexibility index (Phi) is 5.87. The van der Waals surface area contributed by atoms with Crippen molar-refractivity contribution in [1.82, 2.24) is 5.32 Å². The lowest BCUT2D eigenvalue weighted by atomic mass is 9.89. The van der Waals surface area contributed by atoms with E-state index < -0.39 is 0 Å². The topological polar surface area (TPSA) is 32.3 Å². The molecule has 0 radical (unpaired) electrons. The van der Waals surface area contributed by atoms with Gasteiger partial charge in [0.05, 0.1) is 0 Å². The third kappa shape index (κ3) is 4.32. The van der Waals surface area contributed by atoms with Crippen LogP contribution in [0.1, 0.15) is 61.8 Å². The first-order valence-electron chi connectivity index (χ1n) is 7.77. The van der Waals surface area contributed by atoms with Crippen LogP contribution in [0.25, 0.3) is 0 Å². The summed E-state index contributed by atoms with van der Waals surface area (Å²) in [7, 11) is 0. The predicted octanol–water partition coefficient (Wildman–Crippen LogP) is 3.38. The zero-order chi connectivity index (χ0) is 13.5. The highest BCUT2D eigenvalue weighted by Gasteiger charge is 2.11. The Hall–Kier alpha value is -0.860. The lowest BCUT2D eigenvalue weighted by Crippen LogP contribution is -2.20. The van der Waals surface area contributed by atoms with Gasteiger partial charge in [-0.25, -0.2) is 0 Å². The average Bonchev–Trinajstić information content (AvgIpc) is 2.46. The molecule has 19 heavy (non-hydrogen) atoms. The van der Waals surface area contributed by atoms with Crippen LogP contribution in [0.4, 0.5) is 0 Å². The van der Waals surface area contributed by atoms with Gasteiger partial charge in [-0.15, -0.1) is 0 Å². The molecule has 0 amide bonds. The van der Waals surface area contributed by atoms with Crippen molar-refractivity contribution in [3.8, 4) is 0 Å². The number of aliphatic hydroxyl groups excluding tert-OH is 1. The molecule has 2 heteroatoms. The summed E-state index contributed by atoms with van der Waals surface area (Å²) in [5.41, 5.74) is 4.55. The molecular weight excluding hydrogens is 234 g/mol. The molecule has 1 aliphatic carbocycles. The molecule has 0 aliphatic heterocycles. The Morgan fingerprint density at radius 2 is 1.89 bits per heavy atom. The number of fused-ring (bicyclic) bond motifs is 1. The van der Waals surface area contributed by atoms with Crippen molar-refractivity contribution in [2.75, 3.05) is 13.2 Å². The molecule has 0 bridgehead atoms. The van der Waals surface area contributed by atoms with Gasteiger partial charge in [0.1, 0.15) is 0 Å². The summed E-state index contributed by atoms with van der Waals surface area (Å²) in [6.07, 6.45) is 8.40. The molecule has 1 unspecified atom stereocenters. The van der Waals surface area contributed by atoms with Crippen molar-refractivity contribution in [2.45, 2.75) is 57.9 Å². The fourth-order valence-electron chi connectivity index (χ4n) is 2.87. The van der Waals surface area contributed by atoms with Crippen LogP contribution in [-0.2, 0) is 12.8 Å². The minimum absolute atomic E-state index is 0.320. The lowest BCUT2D eigenvalue weighted by Gasteiger charge is -2.20. The first-order valence-corrected chi connectivity index (χ1v) is 7.77. The van der Waals surface area contributed by atoms with Gasteiger partial charge in [-0.1, -0.05) is 18.2 Å². The minimum Gasteiger partial charge on any atom is -0.396 e. The second-order valence-electron chi connectivity index (χ2n) is 5.70. The smallest absolute Gasteiger partial charge is 0.0431 e. The summed E-state index contributed by atoms with van der Waals surface area (Å²) < 4.78 is 0. The van der Waals surface area contributed by atoms with Gasteiger partial charge in [0.15, 0.2) is 0 Å². The van der Waals surface area contributed by atoms with Crippen molar-refractivity contribution in [3.05, 3.63) is 34.9 Å². The normalized spacial score (nSPS) is 16.1. The highest BCUT2D eigenvalue weighted by molar-refractivity contribution is 5.35. The molecule has 0 fully saturated rings. The molecule has 1 aromatic rings. The first-order chi connectivity index (χ1) is 9.31. The first kappa shape index (κ1) is 14.5. The van der Waals surface area contributed by atoms with Crippen LogP contribution in [0.15, 0.2) is 18.2 Å². The van der Waals surface area contributed by atoms with Gasteiger partial charge in [-0.2, -0.15) is 0 Å². The third-order valence-corrected chi connectivity index (χ3v) is 4.16. The highest BCUT2D eigenvalue weighted by Crippen LogP contribution is 2.24. The summed E-state index contributed by atoms with van der Waals surface area (Å²) in [4.78, 5) is 0. The summed E-state index contributed by atoms with van der Waals surface area (Å²) in [6.45, 7) is 3.61. The van der Waals surface area contributed by atoms with Crippen molar-refractivity contribution in [3.63, 3.8) is 0 Å². The number of hydrogen-bond acceptors (Lipinski definition) is 2. The second-order valence-corrected chi connectivity index (χ2v) is 5.70. The summed E-state index contributed by atoms with van der Waals surface area (Å²) >= 11 is 0. The van der Waals surface area contributed by atoms with E-state index in [1.54, 1.807) is 11.1 Å². The molecule has 1 aromatic carbocycles. The van der Waals surface area contributed by atoms with Crippen molar-refractivity contribution in [1.29, 1.82) is 0 Å². The fourth-order valence-corrected chi connectivity index (χ4v) is 2.87. The maximum Gasteiger partial charge on any atom is 0.0431 e. The summed E-state index contributed by atoms with van der Waals surface area (Å²) in [6, 6.07) is 7.45. The molecule has 0 saturated carbocycles. The zero-order valence-electron chi connectivity index (χ0n) is 12.1. The van der Waals surface area contributed by atoms with Gasteiger partial charge >= 0.3 is 0 Å². The second kappa shape index (κ2) is 7.66. The van der Waals surface area contributed by atoms with Gasteiger partial charge in [0.25, 0.3) is 0 Å². The van der Waals surface area contributed by atoms with Gasteiger partial charge in [-0.3, -0.25) is 0 Å². The lowest BCUT2D eigenvalue weighted by molar-refractivity contribution is 0.282. The average molecular weight is 261 g/mol. The number of rotatable bonds is 7. The standard InChI is InChI=1S/C17H27NO/c1-14(18-11-5-2-6-12-19)16-10-9-15-7-3-4-8-17(15)13-16/h9-10,13-14,18-19H,2-8,11-12H2,1H3. The molecule has 0 aromatic heterocycles. The van der Waals surface area contributed by atoms with Crippen LogP contribution in [-0.4, -0.2) is 18.3 Å². The van der Waals surface area contributed by atoms with Crippen molar-refractivity contribution < 1.29 is 5.11 Å². The van der Waals surface area contributed by atoms with Crippen molar-refractivity contribution >= 4 is 0 Å². The SMILES string of the molecule is CC(NCCCCCO)c1ccc2c(c1)CCCC2. The Morgan fingerprint density at radius 3 is 2.68 bits per heavy atom. The molecule has 2 N–H and O–H groups in total. The molecule has 2 rings (SSSR count). The number of unbranched alkanes of at least 4 members (excludes halogenated alkanes) is 2. The maximum absolute atomic E-state index is 8.74. The van der Waals surface area contributed by atoms with Crippen LogP contribution in [0.3, 0.4) is 0 Å². The fraction of sp³-hybridized carbons (Fsp3) is 0.647. The van der Waals surface area contributed by atoms with Gasteiger partial charge in [0.2, 0.25) is 0 Å². The number of benzene rings is 1. The molecule has 0 heterocycles. The minimum atomic E-state index is 0.320. The zero-order valence-corrected chi connectivity index (χ0v) is 12.1. The number of hydrogen-bond donors (Lipinski definition) is 2. The molecule has 1 aliphatic rings. The molecular formula is C17H27NO. The van der Waals surface area contributed by atoms with Crippen molar-refractivity contribution in [2.24, 2.45) is 0 Å². The molecule has 1 atom stereocenters. The van der Waals surface area contributed by atoms with E-state index in [0.29, 0.717) is 12.6 Å². The van der Waals surface area contributed by atoms with Crippen LogP contribution in [0.2, 0.25) is 0 Å². The van der Waals surface area contributed by atoms with E-state index in [9.17, 15) is 0 Å². The number of aryl methyl sites for hydroxylation is 2. The summed E-state index contributed by atoms with van der Waals surface area (Å²) in [5, 5.41) is 12.3.